The summed E-state index contributed by atoms with van der Waals surface area (Å²) in [5.74, 6) is 0.683. The van der Waals surface area contributed by atoms with Gasteiger partial charge >= 0.3 is 5.97 Å². The van der Waals surface area contributed by atoms with Crippen LogP contribution >= 0.6 is 0 Å². The fourth-order valence-corrected chi connectivity index (χ4v) is 2.12. The van der Waals surface area contributed by atoms with Crippen LogP contribution in [-0.2, 0) is 9.53 Å². The Balaban J connectivity index is 2.32. The summed E-state index contributed by atoms with van der Waals surface area (Å²) in [7, 11) is 1.46. The molecule has 0 saturated carbocycles. The van der Waals surface area contributed by atoms with Gasteiger partial charge in [0, 0.05) is 13.1 Å². The van der Waals surface area contributed by atoms with Crippen LogP contribution < -0.4 is 0 Å². The maximum absolute atomic E-state index is 11.2. The molecule has 1 saturated heterocycles. The van der Waals surface area contributed by atoms with E-state index in [2.05, 4.69) is 11.8 Å². The van der Waals surface area contributed by atoms with Crippen LogP contribution in [0.1, 0.15) is 26.7 Å². The molecule has 0 aliphatic carbocycles. The average molecular weight is 199 g/mol. The summed E-state index contributed by atoms with van der Waals surface area (Å²) in [5, 5.41) is 0. The highest BCUT2D eigenvalue weighted by atomic mass is 16.5. The van der Waals surface area contributed by atoms with Crippen molar-refractivity contribution >= 4 is 5.97 Å². The minimum atomic E-state index is -0.0942. The van der Waals surface area contributed by atoms with Gasteiger partial charge in [0.15, 0.2) is 0 Å². The van der Waals surface area contributed by atoms with Gasteiger partial charge in [-0.3, -0.25) is 4.79 Å². The molecular formula is C11H21NO2. The second kappa shape index (κ2) is 5.35. The first kappa shape index (κ1) is 11.5. The molecule has 1 fully saturated rings. The number of carbonyl (C=O) groups excluding carboxylic acids is 1. The Morgan fingerprint density at radius 3 is 2.93 bits per heavy atom. The number of hydrogen-bond acceptors (Lipinski definition) is 3. The van der Waals surface area contributed by atoms with Gasteiger partial charge in [-0.15, -0.1) is 0 Å². The molecule has 3 nitrogen and oxygen atoms in total. The van der Waals surface area contributed by atoms with E-state index in [0.29, 0.717) is 0 Å². The Morgan fingerprint density at radius 1 is 1.64 bits per heavy atom. The zero-order chi connectivity index (χ0) is 10.6. The van der Waals surface area contributed by atoms with E-state index >= 15 is 0 Å². The molecular weight excluding hydrogens is 178 g/mol. The topological polar surface area (TPSA) is 29.5 Å². The number of likely N-dealkylation sites (tertiary alicyclic amines) is 1. The Hall–Kier alpha value is -0.570. The van der Waals surface area contributed by atoms with Crippen LogP contribution in [0, 0.1) is 11.8 Å². The Bertz CT molecular complexity index is 194. The number of methoxy groups -OCH3 is 1. The molecule has 0 aromatic heterocycles. The lowest BCUT2D eigenvalue weighted by atomic mass is 9.99. The molecule has 0 N–H and O–H groups in total. The van der Waals surface area contributed by atoms with E-state index in [1.54, 1.807) is 0 Å². The smallest absolute Gasteiger partial charge is 0.309 e. The maximum atomic E-state index is 11.2. The summed E-state index contributed by atoms with van der Waals surface area (Å²) in [6, 6.07) is 0. The molecule has 3 heteroatoms. The van der Waals surface area contributed by atoms with Crippen LogP contribution in [0.5, 0.6) is 0 Å². The normalized spacial score (nSPS) is 25.8. The molecule has 82 valence electrons. The minimum absolute atomic E-state index is 0.00491. The second-order valence-electron chi connectivity index (χ2n) is 4.43. The van der Waals surface area contributed by atoms with Crippen LogP contribution in [0.3, 0.4) is 0 Å². The van der Waals surface area contributed by atoms with E-state index in [-0.39, 0.29) is 11.9 Å². The van der Waals surface area contributed by atoms with Crippen molar-refractivity contribution in [2.24, 2.45) is 11.8 Å². The van der Waals surface area contributed by atoms with Crippen molar-refractivity contribution < 1.29 is 9.53 Å². The molecule has 0 spiro atoms. The number of rotatable bonds is 3. The van der Waals surface area contributed by atoms with E-state index in [9.17, 15) is 4.79 Å². The summed E-state index contributed by atoms with van der Waals surface area (Å²) < 4.78 is 4.71. The van der Waals surface area contributed by atoms with Crippen LogP contribution in [0.25, 0.3) is 0 Å². The third-order valence-electron chi connectivity index (χ3n) is 2.88. The zero-order valence-corrected chi connectivity index (χ0v) is 9.45. The molecule has 0 aromatic carbocycles. The summed E-state index contributed by atoms with van der Waals surface area (Å²) in [4.78, 5) is 13.6. The van der Waals surface area contributed by atoms with Gasteiger partial charge in [-0.25, -0.2) is 0 Å². The highest BCUT2D eigenvalue weighted by Crippen LogP contribution is 2.16. The van der Waals surface area contributed by atoms with Gasteiger partial charge in [-0.1, -0.05) is 13.8 Å². The van der Waals surface area contributed by atoms with Gasteiger partial charge in [-0.05, 0) is 25.3 Å². The third kappa shape index (κ3) is 3.29. The van der Waals surface area contributed by atoms with Gasteiger partial charge in [0.05, 0.1) is 13.0 Å². The molecule has 14 heavy (non-hydrogen) atoms. The summed E-state index contributed by atoms with van der Waals surface area (Å²) in [6.45, 7) is 7.31. The van der Waals surface area contributed by atoms with E-state index in [1.807, 2.05) is 6.92 Å². The van der Waals surface area contributed by atoms with Gasteiger partial charge in [0.1, 0.15) is 0 Å². The van der Waals surface area contributed by atoms with Crippen molar-refractivity contribution in [3.63, 3.8) is 0 Å². The lowest BCUT2D eigenvalue weighted by Crippen LogP contribution is -2.39. The lowest BCUT2D eigenvalue weighted by molar-refractivity contribution is -0.145. The van der Waals surface area contributed by atoms with Crippen molar-refractivity contribution in [1.29, 1.82) is 0 Å². The summed E-state index contributed by atoms with van der Waals surface area (Å²) >= 11 is 0. The van der Waals surface area contributed by atoms with E-state index in [4.69, 9.17) is 4.74 Å². The second-order valence-corrected chi connectivity index (χ2v) is 4.43. The first-order valence-electron chi connectivity index (χ1n) is 5.43. The summed E-state index contributed by atoms with van der Waals surface area (Å²) in [5.41, 5.74) is 0. The maximum Gasteiger partial charge on any atom is 0.309 e. The standard InChI is InChI=1S/C11H21NO2/c1-9-5-4-6-12(7-9)8-10(2)11(13)14-3/h9-10H,4-8H2,1-3H3/t9-,10-/m1/s1. The van der Waals surface area contributed by atoms with Crippen molar-refractivity contribution in [2.75, 3.05) is 26.7 Å². The average Bonchev–Trinajstić information content (AvgIpc) is 2.16. The summed E-state index contributed by atoms with van der Waals surface area (Å²) in [6.07, 6.45) is 2.58. The molecule has 1 rings (SSSR count). The van der Waals surface area contributed by atoms with E-state index in [1.165, 1.54) is 20.0 Å². The fraction of sp³-hybridized carbons (Fsp3) is 0.909. The molecule has 2 atom stereocenters. The predicted octanol–water partition coefficient (Wildman–Crippen LogP) is 1.53. The molecule has 0 unspecified atom stereocenters. The van der Waals surface area contributed by atoms with E-state index in [0.717, 1.165) is 25.6 Å². The first-order chi connectivity index (χ1) is 6.63. The number of ether oxygens (including phenoxy) is 1. The number of piperidine rings is 1. The van der Waals surface area contributed by atoms with Crippen LogP contribution in [-0.4, -0.2) is 37.6 Å². The van der Waals surface area contributed by atoms with Crippen molar-refractivity contribution in [3.05, 3.63) is 0 Å². The minimum Gasteiger partial charge on any atom is -0.469 e. The van der Waals surface area contributed by atoms with Crippen LogP contribution in [0.4, 0.5) is 0 Å². The Labute approximate surface area is 86.4 Å². The monoisotopic (exact) mass is 199 g/mol. The predicted molar refractivity (Wildman–Crippen MR) is 56.0 cm³/mol. The number of carbonyl (C=O) groups is 1. The fourth-order valence-electron chi connectivity index (χ4n) is 2.12. The van der Waals surface area contributed by atoms with Crippen LogP contribution in [0.15, 0.2) is 0 Å². The van der Waals surface area contributed by atoms with Gasteiger partial charge < -0.3 is 9.64 Å². The number of nitrogens with zero attached hydrogens (tertiary/aromatic N) is 1. The molecule has 0 amide bonds. The SMILES string of the molecule is COC(=O)[C@H](C)CN1CCC[C@@H](C)C1. The number of esters is 1. The van der Waals surface area contributed by atoms with Crippen molar-refractivity contribution in [3.8, 4) is 0 Å². The van der Waals surface area contributed by atoms with Gasteiger partial charge in [0.25, 0.3) is 0 Å². The highest BCUT2D eigenvalue weighted by Gasteiger charge is 2.21. The quantitative estimate of drug-likeness (QED) is 0.646. The van der Waals surface area contributed by atoms with Gasteiger partial charge in [0.2, 0.25) is 0 Å². The Kier molecular flexibility index (Phi) is 4.39. The van der Waals surface area contributed by atoms with Gasteiger partial charge in [-0.2, -0.15) is 0 Å². The Morgan fingerprint density at radius 2 is 2.36 bits per heavy atom. The van der Waals surface area contributed by atoms with Crippen molar-refractivity contribution in [1.82, 2.24) is 4.90 Å². The van der Waals surface area contributed by atoms with E-state index < -0.39 is 0 Å². The molecule has 1 aliphatic heterocycles. The lowest BCUT2D eigenvalue weighted by Gasteiger charge is -2.32. The third-order valence-corrected chi connectivity index (χ3v) is 2.88. The molecule has 0 radical (unpaired) electrons. The number of hydrogen-bond donors (Lipinski definition) is 0. The zero-order valence-electron chi connectivity index (χ0n) is 9.45. The van der Waals surface area contributed by atoms with Crippen LogP contribution in [0.2, 0.25) is 0 Å². The highest BCUT2D eigenvalue weighted by molar-refractivity contribution is 5.72. The molecule has 1 heterocycles. The largest absolute Gasteiger partial charge is 0.469 e. The first-order valence-corrected chi connectivity index (χ1v) is 5.43. The van der Waals surface area contributed by atoms with Crippen molar-refractivity contribution in [2.45, 2.75) is 26.7 Å². The molecule has 1 aliphatic rings. The molecule has 0 aromatic rings. The molecule has 0 bridgehead atoms.